The van der Waals surface area contributed by atoms with Crippen molar-refractivity contribution < 1.29 is 9.32 Å². The smallest absolute Gasteiger partial charge is 0.258 e. The highest BCUT2D eigenvalue weighted by Crippen LogP contribution is 2.37. The Morgan fingerprint density at radius 2 is 1.96 bits per heavy atom. The average molecular weight is 362 g/mol. The van der Waals surface area contributed by atoms with E-state index in [0.29, 0.717) is 23.7 Å². The van der Waals surface area contributed by atoms with Crippen LogP contribution in [0.3, 0.4) is 0 Å². The monoisotopic (exact) mass is 362 g/mol. The molecule has 2 aromatic heterocycles. The van der Waals surface area contributed by atoms with Crippen molar-refractivity contribution in [2.45, 2.75) is 45.6 Å². The zero-order valence-electron chi connectivity index (χ0n) is 15.7. The molecule has 6 heteroatoms. The van der Waals surface area contributed by atoms with Crippen LogP contribution in [0.15, 0.2) is 41.2 Å². The zero-order chi connectivity index (χ0) is 19.0. The molecule has 1 aliphatic rings. The van der Waals surface area contributed by atoms with E-state index in [9.17, 15) is 4.79 Å². The average Bonchev–Trinajstić information content (AvgIpc) is 3.18. The second-order valence-corrected chi connectivity index (χ2v) is 7.15. The van der Waals surface area contributed by atoms with Crippen LogP contribution in [-0.2, 0) is 0 Å². The summed E-state index contributed by atoms with van der Waals surface area (Å²) in [4.78, 5) is 21.4. The number of pyridine rings is 1. The van der Waals surface area contributed by atoms with E-state index in [1.54, 1.807) is 12.4 Å². The zero-order valence-corrected chi connectivity index (χ0v) is 15.7. The molecule has 138 valence electrons. The van der Waals surface area contributed by atoms with E-state index < -0.39 is 0 Å². The Hall–Kier alpha value is -3.02. The molecule has 6 nitrogen and oxygen atoms in total. The summed E-state index contributed by atoms with van der Waals surface area (Å²) >= 11 is 0. The molecule has 0 spiro atoms. The van der Waals surface area contributed by atoms with Crippen LogP contribution in [0.4, 0.5) is 5.69 Å². The summed E-state index contributed by atoms with van der Waals surface area (Å²) in [5, 5.41) is 7.62. The third kappa shape index (κ3) is 3.12. The molecule has 0 saturated heterocycles. The summed E-state index contributed by atoms with van der Waals surface area (Å²) in [6.07, 6.45) is 5.80. The number of aryl methyl sites for hydroxylation is 1. The fourth-order valence-electron chi connectivity index (χ4n) is 3.56. The van der Waals surface area contributed by atoms with Gasteiger partial charge in [-0.05, 0) is 49.6 Å². The van der Waals surface area contributed by atoms with Crippen LogP contribution in [0.2, 0.25) is 0 Å². The molecule has 1 aromatic carbocycles. The third-order valence-electron chi connectivity index (χ3n) is 5.38. The number of nitrogens with zero attached hydrogens (tertiary/aromatic N) is 3. The largest absolute Gasteiger partial charge is 0.379 e. The van der Waals surface area contributed by atoms with E-state index >= 15 is 0 Å². The molecule has 0 aliphatic carbocycles. The maximum Gasteiger partial charge on any atom is 0.258 e. The standard InChI is InChI=1S/C21H22N4O2/c1-4-21(5-2)10-18(26)16-9-14(6-7-17(16)24-21)20-23-19(25-27-20)15-8-13(3)11-22-12-15/h6-9,11-12,24H,4-5,10H2,1-3H3. The lowest BCUT2D eigenvalue weighted by Gasteiger charge is -2.38. The van der Waals surface area contributed by atoms with E-state index in [-0.39, 0.29) is 11.3 Å². The highest BCUT2D eigenvalue weighted by atomic mass is 16.5. The number of benzene rings is 1. The number of Topliss-reactive ketones (excluding diaryl/α,β-unsaturated/α-hetero) is 1. The maximum atomic E-state index is 12.8. The van der Waals surface area contributed by atoms with Crippen LogP contribution in [0.1, 0.15) is 49.0 Å². The summed E-state index contributed by atoms with van der Waals surface area (Å²) in [6.45, 7) is 6.19. The van der Waals surface area contributed by atoms with Crippen LogP contribution in [0.5, 0.6) is 0 Å². The van der Waals surface area contributed by atoms with Crippen LogP contribution in [0, 0.1) is 6.92 Å². The fourth-order valence-corrected chi connectivity index (χ4v) is 3.56. The van der Waals surface area contributed by atoms with Gasteiger partial charge in [0.2, 0.25) is 5.82 Å². The lowest BCUT2D eigenvalue weighted by atomic mass is 9.81. The van der Waals surface area contributed by atoms with Gasteiger partial charge >= 0.3 is 0 Å². The summed E-state index contributed by atoms with van der Waals surface area (Å²) < 4.78 is 5.43. The van der Waals surface area contributed by atoms with E-state index in [1.165, 1.54) is 0 Å². The molecule has 1 aliphatic heterocycles. The van der Waals surface area contributed by atoms with E-state index in [4.69, 9.17) is 4.52 Å². The van der Waals surface area contributed by atoms with E-state index in [2.05, 4.69) is 34.3 Å². The third-order valence-corrected chi connectivity index (χ3v) is 5.38. The molecular formula is C21H22N4O2. The number of carbonyl (C=O) groups excluding carboxylic acids is 1. The van der Waals surface area contributed by atoms with E-state index in [1.807, 2.05) is 31.2 Å². The van der Waals surface area contributed by atoms with Crippen molar-refractivity contribution in [2.75, 3.05) is 5.32 Å². The molecule has 0 bridgehead atoms. The van der Waals surface area contributed by atoms with Crippen molar-refractivity contribution in [2.24, 2.45) is 0 Å². The second-order valence-electron chi connectivity index (χ2n) is 7.15. The van der Waals surface area contributed by atoms with Crippen molar-refractivity contribution in [1.82, 2.24) is 15.1 Å². The Balaban J connectivity index is 1.68. The number of carbonyl (C=O) groups is 1. The van der Waals surface area contributed by atoms with Gasteiger partial charge in [0.15, 0.2) is 5.78 Å². The Kier molecular flexibility index (Phi) is 4.26. The highest BCUT2D eigenvalue weighted by molar-refractivity contribution is 6.05. The summed E-state index contributed by atoms with van der Waals surface area (Å²) in [5.41, 5.74) is 3.98. The van der Waals surface area contributed by atoms with Crippen LogP contribution >= 0.6 is 0 Å². The summed E-state index contributed by atoms with van der Waals surface area (Å²) in [7, 11) is 0. The molecule has 0 atom stereocenters. The lowest BCUT2D eigenvalue weighted by Crippen LogP contribution is -2.43. The van der Waals surface area contributed by atoms with Gasteiger partial charge in [-0.3, -0.25) is 9.78 Å². The Labute approximate surface area is 158 Å². The molecule has 3 aromatic rings. The molecular weight excluding hydrogens is 340 g/mol. The van der Waals surface area contributed by atoms with Gasteiger partial charge < -0.3 is 9.84 Å². The number of hydrogen-bond donors (Lipinski definition) is 1. The van der Waals surface area contributed by atoms with Crippen LogP contribution in [-0.4, -0.2) is 26.4 Å². The first kappa shape index (κ1) is 17.4. The minimum absolute atomic E-state index is 0.150. The van der Waals surface area contributed by atoms with E-state index in [0.717, 1.165) is 35.2 Å². The SMILES string of the molecule is CCC1(CC)CC(=O)c2cc(-c3nc(-c4cncc(C)c4)no3)ccc2N1. The predicted molar refractivity (Wildman–Crippen MR) is 104 cm³/mol. The first-order valence-corrected chi connectivity index (χ1v) is 9.25. The maximum absolute atomic E-state index is 12.8. The molecule has 0 saturated carbocycles. The lowest BCUT2D eigenvalue weighted by molar-refractivity contribution is 0.0946. The van der Waals surface area contributed by atoms with Crippen molar-refractivity contribution in [3.8, 4) is 22.8 Å². The summed E-state index contributed by atoms with van der Waals surface area (Å²) in [6, 6.07) is 7.63. The van der Waals surface area contributed by atoms with Gasteiger partial charge in [0.25, 0.3) is 5.89 Å². The Bertz CT molecular complexity index is 1000. The van der Waals surface area contributed by atoms with Crippen LogP contribution < -0.4 is 5.32 Å². The fraction of sp³-hybridized carbons (Fsp3) is 0.333. The van der Waals surface area contributed by atoms with Crippen molar-refractivity contribution in [1.29, 1.82) is 0 Å². The van der Waals surface area contributed by atoms with Crippen molar-refractivity contribution in [3.05, 3.63) is 47.8 Å². The molecule has 0 amide bonds. The second kappa shape index (κ2) is 6.61. The molecule has 0 radical (unpaired) electrons. The number of ketones is 1. The predicted octanol–water partition coefficient (Wildman–Crippen LogP) is 4.66. The molecule has 4 rings (SSSR count). The Morgan fingerprint density at radius 1 is 1.15 bits per heavy atom. The van der Waals surface area contributed by atoms with Crippen molar-refractivity contribution in [3.63, 3.8) is 0 Å². The van der Waals surface area contributed by atoms with Gasteiger partial charge in [0.1, 0.15) is 0 Å². The normalized spacial score (nSPS) is 15.3. The number of hydrogen-bond acceptors (Lipinski definition) is 6. The van der Waals surface area contributed by atoms with Crippen molar-refractivity contribution >= 4 is 11.5 Å². The number of rotatable bonds is 4. The number of nitrogens with one attached hydrogen (secondary N) is 1. The quantitative estimate of drug-likeness (QED) is 0.727. The molecule has 27 heavy (non-hydrogen) atoms. The minimum Gasteiger partial charge on any atom is -0.379 e. The minimum atomic E-state index is -0.151. The van der Waals surface area contributed by atoms with Gasteiger partial charge in [-0.15, -0.1) is 0 Å². The number of aromatic nitrogens is 3. The van der Waals surface area contributed by atoms with Gasteiger partial charge in [0.05, 0.1) is 0 Å². The van der Waals surface area contributed by atoms with Crippen LogP contribution in [0.25, 0.3) is 22.8 Å². The highest BCUT2D eigenvalue weighted by Gasteiger charge is 2.35. The summed E-state index contributed by atoms with van der Waals surface area (Å²) in [5.74, 6) is 1.03. The van der Waals surface area contributed by atoms with Gasteiger partial charge in [-0.1, -0.05) is 19.0 Å². The van der Waals surface area contributed by atoms with Gasteiger partial charge in [0, 0.05) is 46.7 Å². The number of anilines is 1. The molecule has 3 heterocycles. The first-order valence-electron chi connectivity index (χ1n) is 9.25. The first-order chi connectivity index (χ1) is 13.0. The Morgan fingerprint density at radius 3 is 2.70 bits per heavy atom. The molecule has 1 N–H and O–H groups in total. The molecule has 0 unspecified atom stereocenters. The topological polar surface area (TPSA) is 80.9 Å². The van der Waals surface area contributed by atoms with Gasteiger partial charge in [-0.25, -0.2) is 0 Å². The molecule has 0 fully saturated rings. The number of fused-ring (bicyclic) bond motifs is 1. The van der Waals surface area contributed by atoms with Gasteiger partial charge in [-0.2, -0.15) is 4.98 Å².